The first-order valence-corrected chi connectivity index (χ1v) is 6.28. The first-order chi connectivity index (χ1) is 8.61. The number of hydrogen-bond acceptors (Lipinski definition) is 5. The van der Waals surface area contributed by atoms with Crippen molar-refractivity contribution >= 4 is 27.6 Å². The average Bonchev–Trinajstić information content (AvgIpc) is 2.75. The average molecular weight is 311 g/mol. The van der Waals surface area contributed by atoms with Crippen molar-refractivity contribution in [2.24, 2.45) is 7.05 Å². The van der Waals surface area contributed by atoms with E-state index in [0.29, 0.717) is 0 Å². The second kappa shape index (κ2) is 5.34. The standard InChI is InChI=1S/C11H15BrN6/c1-13-10-9(12)11(15-7-14-10)17(2)5-8-4-16-18(3)6-8/h4,6-7H,5H2,1-3H3,(H,13,14,15). The van der Waals surface area contributed by atoms with Crippen LogP contribution in [0.5, 0.6) is 0 Å². The smallest absolute Gasteiger partial charge is 0.148 e. The molecule has 0 saturated heterocycles. The minimum Gasteiger partial charge on any atom is -0.372 e. The predicted octanol–water partition coefficient (Wildman–Crippen LogP) is 1.65. The fraction of sp³-hybridized carbons (Fsp3) is 0.364. The van der Waals surface area contributed by atoms with Gasteiger partial charge in [-0.1, -0.05) is 0 Å². The van der Waals surface area contributed by atoms with Crippen molar-refractivity contribution in [2.45, 2.75) is 6.54 Å². The van der Waals surface area contributed by atoms with Crippen molar-refractivity contribution in [1.29, 1.82) is 0 Å². The van der Waals surface area contributed by atoms with E-state index in [1.807, 2.05) is 38.4 Å². The van der Waals surface area contributed by atoms with Crippen molar-refractivity contribution in [3.63, 3.8) is 0 Å². The second-order valence-electron chi connectivity index (χ2n) is 3.99. The molecule has 0 fully saturated rings. The molecule has 1 N–H and O–H groups in total. The van der Waals surface area contributed by atoms with Gasteiger partial charge >= 0.3 is 0 Å². The number of hydrogen-bond donors (Lipinski definition) is 1. The molecular weight excluding hydrogens is 296 g/mol. The van der Waals surface area contributed by atoms with E-state index in [1.165, 1.54) is 0 Å². The summed E-state index contributed by atoms with van der Waals surface area (Å²) in [5, 5.41) is 7.17. The Balaban J connectivity index is 2.21. The molecule has 7 heteroatoms. The molecule has 0 aromatic carbocycles. The van der Waals surface area contributed by atoms with E-state index in [4.69, 9.17) is 0 Å². The molecule has 0 unspecified atom stereocenters. The largest absolute Gasteiger partial charge is 0.372 e. The van der Waals surface area contributed by atoms with Gasteiger partial charge in [-0.2, -0.15) is 5.10 Å². The van der Waals surface area contributed by atoms with Crippen LogP contribution in [-0.2, 0) is 13.6 Å². The van der Waals surface area contributed by atoms with Gasteiger partial charge in [0.25, 0.3) is 0 Å². The minimum atomic E-state index is 0.743. The number of nitrogens with one attached hydrogen (secondary N) is 1. The van der Waals surface area contributed by atoms with Gasteiger partial charge in [0.15, 0.2) is 0 Å². The third kappa shape index (κ3) is 2.61. The lowest BCUT2D eigenvalue weighted by Crippen LogP contribution is -2.18. The maximum atomic E-state index is 4.29. The number of aromatic nitrogens is 4. The van der Waals surface area contributed by atoms with Crippen LogP contribution in [-0.4, -0.2) is 33.8 Å². The highest BCUT2D eigenvalue weighted by Gasteiger charge is 2.12. The van der Waals surface area contributed by atoms with Gasteiger partial charge < -0.3 is 10.2 Å². The van der Waals surface area contributed by atoms with Gasteiger partial charge in [-0.05, 0) is 15.9 Å². The molecule has 0 bridgehead atoms. The number of aryl methyl sites for hydroxylation is 1. The molecule has 0 aliphatic heterocycles. The molecule has 18 heavy (non-hydrogen) atoms. The van der Waals surface area contributed by atoms with Crippen LogP contribution in [0.3, 0.4) is 0 Å². The Morgan fingerprint density at radius 1 is 1.44 bits per heavy atom. The quantitative estimate of drug-likeness (QED) is 0.930. The summed E-state index contributed by atoms with van der Waals surface area (Å²) < 4.78 is 2.65. The lowest BCUT2D eigenvalue weighted by atomic mass is 10.3. The van der Waals surface area contributed by atoms with E-state index in [1.54, 1.807) is 11.0 Å². The highest BCUT2D eigenvalue weighted by Crippen LogP contribution is 2.29. The van der Waals surface area contributed by atoms with E-state index < -0.39 is 0 Å². The fourth-order valence-corrected chi connectivity index (χ4v) is 2.41. The third-order valence-corrected chi connectivity index (χ3v) is 3.28. The van der Waals surface area contributed by atoms with Crippen LogP contribution in [0.15, 0.2) is 23.2 Å². The fourth-order valence-electron chi connectivity index (χ4n) is 1.70. The molecule has 0 amide bonds. The molecule has 0 atom stereocenters. The van der Waals surface area contributed by atoms with Crippen molar-refractivity contribution in [2.75, 3.05) is 24.3 Å². The Kier molecular flexibility index (Phi) is 3.81. The highest BCUT2D eigenvalue weighted by atomic mass is 79.9. The van der Waals surface area contributed by atoms with Crippen LogP contribution in [0.4, 0.5) is 11.6 Å². The van der Waals surface area contributed by atoms with Gasteiger partial charge in [-0.25, -0.2) is 9.97 Å². The summed E-state index contributed by atoms with van der Waals surface area (Å²) in [4.78, 5) is 10.5. The maximum absolute atomic E-state index is 4.29. The van der Waals surface area contributed by atoms with Crippen LogP contribution in [0.25, 0.3) is 0 Å². The maximum Gasteiger partial charge on any atom is 0.148 e. The van der Waals surface area contributed by atoms with Gasteiger partial charge in [0.2, 0.25) is 0 Å². The lowest BCUT2D eigenvalue weighted by Gasteiger charge is -2.19. The Morgan fingerprint density at radius 2 is 2.22 bits per heavy atom. The summed E-state index contributed by atoms with van der Waals surface area (Å²) in [6.45, 7) is 0.743. The topological polar surface area (TPSA) is 58.9 Å². The summed E-state index contributed by atoms with van der Waals surface area (Å²) in [6, 6.07) is 0. The molecule has 2 aromatic heterocycles. The van der Waals surface area contributed by atoms with Crippen LogP contribution >= 0.6 is 15.9 Å². The molecule has 6 nitrogen and oxygen atoms in total. The molecule has 0 radical (unpaired) electrons. The van der Waals surface area contributed by atoms with Gasteiger partial charge in [-0.15, -0.1) is 0 Å². The second-order valence-corrected chi connectivity index (χ2v) is 4.78. The number of nitrogens with zero attached hydrogens (tertiary/aromatic N) is 5. The van der Waals surface area contributed by atoms with Gasteiger partial charge in [-0.3, -0.25) is 4.68 Å². The molecule has 0 aliphatic rings. The summed E-state index contributed by atoms with van der Waals surface area (Å²) >= 11 is 3.51. The Morgan fingerprint density at radius 3 is 2.83 bits per heavy atom. The summed E-state index contributed by atoms with van der Waals surface area (Å²) in [5.41, 5.74) is 1.14. The van der Waals surface area contributed by atoms with Crippen molar-refractivity contribution < 1.29 is 0 Å². The van der Waals surface area contributed by atoms with Crippen LogP contribution in [0, 0.1) is 0 Å². The Labute approximate surface area is 114 Å². The molecular formula is C11H15BrN6. The summed E-state index contributed by atoms with van der Waals surface area (Å²) in [7, 11) is 5.72. The highest BCUT2D eigenvalue weighted by molar-refractivity contribution is 9.10. The lowest BCUT2D eigenvalue weighted by molar-refractivity contribution is 0.766. The van der Waals surface area contributed by atoms with Crippen LogP contribution in [0.1, 0.15) is 5.56 Å². The van der Waals surface area contributed by atoms with Crippen molar-refractivity contribution in [1.82, 2.24) is 19.7 Å². The zero-order valence-corrected chi connectivity index (χ0v) is 12.1. The molecule has 0 spiro atoms. The monoisotopic (exact) mass is 310 g/mol. The zero-order chi connectivity index (χ0) is 13.1. The number of rotatable bonds is 4. The third-order valence-electron chi connectivity index (χ3n) is 2.55. The molecule has 2 heterocycles. The van der Waals surface area contributed by atoms with Crippen molar-refractivity contribution in [3.05, 3.63) is 28.8 Å². The summed E-state index contributed by atoms with van der Waals surface area (Å²) in [6.07, 6.45) is 5.39. The van der Waals surface area contributed by atoms with E-state index in [2.05, 4.69) is 36.3 Å². The molecule has 2 aromatic rings. The Hall–Kier alpha value is -1.63. The molecule has 0 aliphatic carbocycles. The first kappa shape index (κ1) is 12.8. The van der Waals surface area contributed by atoms with Gasteiger partial charge in [0.1, 0.15) is 22.4 Å². The number of anilines is 2. The van der Waals surface area contributed by atoms with E-state index >= 15 is 0 Å². The normalized spacial score (nSPS) is 10.4. The first-order valence-electron chi connectivity index (χ1n) is 5.48. The zero-order valence-electron chi connectivity index (χ0n) is 10.6. The summed E-state index contributed by atoms with van der Waals surface area (Å²) in [5.74, 6) is 1.62. The van der Waals surface area contributed by atoms with E-state index in [-0.39, 0.29) is 0 Å². The SMILES string of the molecule is CNc1ncnc(N(C)Cc2cnn(C)c2)c1Br. The molecule has 0 saturated carbocycles. The van der Waals surface area contributed by atoms with Gasteiger partial charge in [0, 0.05) is 39.4 Å². The minimum absolute atomic E-state index is 0.743. The molecule has 96 valence electrons. The van der Waals surface area contributed by atoms with E-state index in [9.17, 15) is 0 Å². The molecule has 2 rings (SSSR count). The van der Waals surface area contributed by atoms with Crippen molar-refractivity contribution in [3.8, 4) is 0 Å². The predicted molar refractivity (Wildman–Crippen MR) is 74.6 cm³/mol. The van der Waals surface area contributed by atoms with Crippen LogP contribution < -0.4 is 10.2 Å². The van der Waals surface area contributed by atoms with E-state index in [0.717, 1.165) is 28.2 Å². The van der Waals surface area contributed by atoms with Crippen LogP contribution in [0.2, 0.25) is 0 Å². The Bertz CT molecular complexity index is 538. The number of halogens is 1. The van der Waals surface area contributed by atoms with Gasteiger partial charge in [0.05, 0.1) is 6.20 Å².